The van der Waals surface area contributed by atoms with Gasteiger partial charge in [-0.15, -0.1) is 0 Å². The Morgan fingerprint density at radius 2 is 2.05 bits per heavy atom. The quantitative estimate of drug-likeness (QED) is 0.743. The van der Waals surface area contributed by atoms with Gasteiger partial charge in [-0.2, -0.15) is 0 Å². The van der Waals surface area contributed by atoms with Crippen LogP contribution in [0.4, 0.5) is 0 Å². The predicted molar refractivity (Wildman–Crippen MR) is 74.6 cm³/mol. The first kappa shape index (κ1) is 16.1. The van der Waals surface area contributed by atoms with E-state index in [2.05, 4.69) is 9.72 Å². The Bertz CT molecular complexity index is 435. The van der Waals surface area contributed by atoms with Gasteiger partial charge in [0.2, 0.25) is 5.91 Å². The fraction of sp³-hybridized carbons (Fsp3) is 0.500. The highest BCUT2D eigenvalue weighted by molar-refractivity contribution is 5.77. The second-order valence-corrected chi connectivity index (χ2v) is 4.68. The lowest BCUT2D eigenvalue weighted by Crippen LogP contribution is -2.36. The van der Waals surface area contributed by atoms with Gasteiger partial charge in [-0.1, -0.05) is 0 Å². The molecule has 0 bridgehead atoms. The van der Waals surface area contributed by atoms with E-state index in [-0.39, 0.29) is 30.8 Å². The van der Waals surface area contributed by atoms with Crippen molar-refractivity contribution >= 4 is 11.9 Å². The summed E-state index contributed by atoms with van der Waals surface area (Å²) in [5, 5.41) is 0. The molecular weight excluding hydrogens is 258 g/mol. The molecule has 110 valence electrons. The Labute approximate surface area is 118 Å². The van der Waals surface area contributed by atoms with Crippen LogP contribution < -0.4 is 5.73 Å². The summed E-state index contributed by atoms with van der Waals surface area (Å²) < 4.78 is 4.60. The molecule has 0 spiro atoms. The molecule has 0 fully saturated rings. The van der Waals surface area contributed by atoms with Crippen LogP contribution in [0.25, 0.3) is 0 Å². The maximum absolute atomic E-state index is 12.1. The SMILES string of the molecule is COC(=O)CCN(Cc1ccncc1)C(=O)CC(C)N. The van der Waals surface area contributed by atoms with Gasteiger partial charge in [-0.05, 0) is 24.6 Å². The van der Waals surface area contributed by atoms with Crippen molar-refractivity contribution in [2.75, 3.05) is 13.7 Å². The number of aromatic nitrogens is 1. The van der Waals surface area contributed by atoms with E-state index in [9.17, 15) is 9.59 Å². The number of rotatable bonds is 7. The fourth-order valence-electron chi connectivity index (χ4n) is 1.73. The van der Waals surface area contributed by atoms with Gasteiger partial charge >= 0.3 is 5.97 Å². The molecule has 1 aromatic heterocycles. The lowest BCUT2D eigenvalue weighted by Gasteiger charge is -2.23. The average molecular weight is 279 g/mol. The number of carbonyl (C=O) groups excluding carboxylic acids is 2. The van der Waals surface area contributed by atoms with E-state index < -0.39 is 0 Å². The molecule has 1 amide bonds. The van der Waals surface area contributed by atoms with E-state index in [4.69, 9.17) is 5.73 Å². The third-order valence-electron chi connectivity index (χ3n) is 2.79. The lowest BCUT2D eigenvalue weighted by molar-refractivity contribution is -0.142. The molecule has 1 heterocycles. The van der Waals surface area contributed by atoms with Crippen LogP contribution in [-0.2, 0) is 20.9 Å². The highest BCUT2D eigenvalue weighted by Crippen LogP contribution is 2.07. The molecule has 0 aliphatic carbocycles. The number of amides is 1. The molecule has 1 aromatic rings. The molecule has 0 aliphatic rings. The summed E-state index contributed by atoms with van der Waals surface area (Å²) in [5.74, 6) is -0.404. The summed E-state index contributed by atoms with van der Waals surface area (Å²) in [6.07, 6.45) is 3.77. The monoisotopic (exact) mass is 279 g/mol. The Hall–Kier alpha value is -1.95. The van der Waals surface area contributed by atoms with Crippen LogP contribution in [-0.4, -0.2) is 41.5 Å². The average Bonchev–Trinajstić information content (AvgIpc) is 2.43. The fourth-order valence-corrected chi connectivity index (χ4v) is 1.73. The highest BCUT2D eigenvalue weighted by Gasteiger charge is 2.17. The maximum Gasteiger partial charge on any atom is 0.307 e. The van der Waals surface area contributed by atoms with E-state index >= 15 is 0 Å². The number of nitrogens with zero attached hydrogens (tertiary/aromatic N) is 2. The zero-order valence-corrected chi connectivity index (χ0v) is 11.9. The minimum atomic E-state index is -0.335. The smallest absolute Gasteiger partial charge is 0.307 e. The lowest BCUT2D eigenvalue weighted by atomic mass is 10.2. The van der Waals surface area contributed by atoms with Crippen molar-refractivity contribution in [3.8, 4) is 0 Å². The molecule has 0 radical (unpaired) electrons. The second-order valence-electron chi connectivity index (χ2n) is 4.68. The highest BCUT2D eigenvalue weighted by atomic mass is 16.5. The van der Waals surface area contributed by atoms with Gasteiger partial charge in [-0.25, -0.2) is 0 Å². The number of methoxy groups -OCH3 is 1. The zero-order valence-electron chi connectivity index (χ0n) is 11.9. The summed E-state index contributed by atoms with van der Waals surface area (Å²) in [6, 6.07) is 3.47. The van der Waals surface area contributed by atoms with Crippen molar-refractivity contribution in [1.29, 1.82) is 0 Å². The van der Waals surface area contributed by atoms with Crippen LogP contribution in [0.1, 0.15) is 25.3 Å². The van der Waals surface area contributed by atoms with E-state index in [1.54, 1.807) is 24.2 Å². The predicted octanol–water partition coefficient (Wildman–Crippen LogP) is 0.711. The number of esters is 1. The van der Waals surface area contributed by atoms with E-state index in [1.807, 2.05) is 12.1 Å². The van der Waals surface area contributed by atoms with E-state index in [0.29, 0.717) is 13.1 Å². The topological polar surface area (TPSA) is 85.5 Å². The molecule has 0 saturated heterocycles. The molecule has 6 heteroatoms. The molecule has 0 aromatic carbocycles. The maximum atomic E-state index is 12.1. The molecule has 1 atom stereocenters. The molecule has 1 unspecified atom stereocenters. The van der Waals surface area contributed by atoms with Gasteiger partial charge in [-0.3, -0.25) is 14.6 Å². The Morgan fingerprint density at radius 3 is 2.60 bits per heavy atom. The number of ether oxygens (including phenoxy) is 1. The van der Waals surface area contributed by atoms with Crippen molar-refractivity contribution in [2.45, 2.75) is 32.4 Å². The van der Waals surface area contributed by atoms with E-state index in [1.165, 1.54) is 7.11 Å². The largest absolute Gasteiger partial charge is 0.469 e. The van der Waals surface area contributed by atoms with Crippen LogP contribution in [0.3, 0.4) is 0 Å². The van der Waals surface area contributed by atoms with Crippen LogP contribution in [0.2, 0.25) is 0 Å². The summed E-state index contributed by atoms with van der Waals surface area (Å²) in [6.45, 7) is 2.54. The van der Waals surface area contributed by atoms with Gasteiger partial charge in [0.25, 0.3) is 0 Å². The molecule has 20 heavy (non-hydrogen) atoms. The van der Waals surface area contributed by atoms with Crippen LogP contribution in [0, 0.1) is 0 Å². The first-order valence-corrected chi connectivity index (χ1v) is 6.52. The number of carbonyl (C=O) groups is 2. The van der Waals surface area contributed by atoms with Gasteiger partial charge in [0.15, 0.2) is 0 Å². The normalized spacial score (nSPS) is 11.8. The molecule has 0 aliphatic heterocycles. The number of nitrogens with two attached hydrogens (primary N) is 1. The minimum Gasteiger partial charge on any atom is -0.469 e. The van der Waals surface area contributed by atoms with Crippen LogP contribution in [0.5, 0.6) is 0 Å². The molecule has 6 nitrogen and oxygen atoms in total. The Kier molecular flexibility index (Phi) is 6.66. The van der Waals surface area contributed by atoms with Gasteiger partial charge in [0.1, 0.15) is 0 Å². The van der Waals surface area contributed by atoms with E-state index in [0.717, 1.165) is 5.56 Å². The number of pyridine rings is 1. The first-order valence-electron chi connectivity index (χ1n) is 6.52. The molecule has 2 N–H and O–H groups in total. The summed E-state index contributed by atoms with van der Waals surface area (Å²) in [4.78, 5) is 28.9. The third kappa shape index (κ3) is 5.79. The standard InChI is InChI=1S/C14H21N3O3/c1-11(15)9-13(18)17(8-5-14(19)20-2)10-12-3-6-16-7-4-12/h3-4,6-7,11H,5,8-10,15H2,1-2H3. The zero-order chi connectivity index (χ0) is 15.0. The van der Waals surface area contributed by atoms with Gasteiger partial charge in [0.05, 0.1) is 13.5 Å². The molecule has 0 saturated carbocycles. The summed E-state index contributed by atoms with van der Waals surface area (Å²) >= 11 is 0. The number of hydrogen-bond acceptors (Lipinski definition) is 5. The summed E-state index contributed by atoms with van der Waals surface area (Å²) in [7, 11) is 1.33. The molecular formula is C14H21N3O3. The number of hydrogen-bond donors (Lipinski definition) is 1. The minimum absolute atomic E-state index is 0.0688. The van der Waals surface area contributed by atoms with Gasteiger partial charge < -0.3 is 15.4 Å². The van der Waals surface area contributed by atoms with Crippen molar-refractivity contribution < 1.29 is 14.3 Å². The van der Waals surface area contributed by atoms with Crippen molar-refractivity contribution in [2.24, 2.45) is 5.73 Å². The van der Waals surface area contributed by atoms with Crippen molar-refractivity contribution in [1.82, 2.24) is 9.88 Å². The van der Waals surface area contributed by atoms with Crippen LogP contribution >= 0.6 is 0 Å². The Balaban J connectivity index is 2.68. The van der Waals surface area contributed by atoms with Crippen LogP contribution in [0.15, 0.2) is 24.5 Å². The molecule has 1 rings (SSSR count). The van der Waals surface area contributed by atoms with Crippen molar-refractivity contribution in [3.63, 3.8) is 0 Å². The Morgan fingerprint density at radius 1 is 1.40 bits per heavy atom. The van der Waals surface area contributed by atoms with Gasteiger partial charge in [0, 0.05) is 37.9 Å². The summed E-state index contributed by atoms with van der Waals surface area (Å²) in [5.41, 5.74) is 6.62. The third-order valence-corrected chi connectivity index (χ3v) is 2.79. The second kappa shape index (κ2) is 8.27. The first-order chi connectivity index (χ1) is 9.52. The van der Waals surface area contributed by atoms with Crippen molar-refractivity contribution in [3.05, 3.63) is 30.1 Å².